The zero-order valence-corrected chi connectivity index (χ0v) is 21.0. The van der Waals surface area contributed by atoms with Gasteiger partial charge in [0.25, 0.3) is 12.3 Å². The Kier molecular flexibility index (Phi) is 6.25. The summed E-state index contributed by atoms with van der Waals surface area (Å²) in [4.78, 5) is 29.6. The van der Waals surface area contributed by atoms with Gasteiger partial charge in [0.05, 0.1) is 21.5 Å². The number of hydrogen-bond donors (Lipinski definition) is 2. The largest absolute Gasteiger partial charge is 0.365 e. The van der Waals surface area contributed by atoms with Crippen LogP contribution in [0.3, 0.4) is 0 Å². The van der Waals surface area contributed by atoms with Gasteiger partial charge in [0.15, 0.2) is 0 Å². The fourth-order valence-electron chi connectivity index (χ4n) is 3.60. The van der Waals surface area contributed by atoms with Gasteiger partial charge in [-0.1, -0.05) is 0 Å². The van der Waals surface area contributed by atoms with Crippen molar-refractivity contribution in [3.8, 4) is 11.1 Å². The van der Waals surface area contributed by atoms with Gasteiger partial charge < -0.3 is 11.1 Å². The molecule has 4 heterocycles. The SMILES string of the molecule is Cc1nn(C(C)C(=O)Nc2c(C(N)=O)sc3nc(C(F)F)cc(-c4cn(C)nc4C)c23)cc1Br. The number of nitrogens with zero attached hydrogens (tertiary/aromatic N) is 5. The number of carbonyl (C=O) groups excluding carboxylic acids is 2. The van der Waals surface area contributed by atoms with E-state index in [1.165, 1.54) is 10.7 Å². The number of amides is 2. The predicted octanol–water partition coefficient (Wildman–Crippen LogP) is 4.51. The molecule has 0 aliphatic carbocycles. The van der Waals surface area contributed by atoms with E-state index < -0.39 is 30.0 Å². The van der Waals surface area contributed by atoms with Crippen LogP contribution in [0.2, 0.25) is 0 Å². The van der Waals surface area contributed by atoms with Crippen LogP contribution in [0.4, 0.5) is 14.5 Å². The van der Waals surface area contributed by atoms with Gasteiger partial charge in [-0.05, 0) is 48.3 Å². The van der Waals surface area contributed by atoms with E-state index in [0.29, 0.717) is 27.9 Å². The number of hydrogen-bond acceptors (Lipinski definition) is 6. The number of aryl methyl sites for hydroxylation is 3. The second kappa shape index (κ2) is 8.87. The molecule has 0 aliphatic rings. The fourth-order valence-corrected chi connectivity index (χ4v) is 4.91. The van der Waals surface area contributed by atoms with Crippen LogP contribution in [-0.4, -0.2) is 36.4 Å². The van der Waals surface area contributed by atoms with Crippen molar-refractivity contribution in [2.45, 2.75) is 33.2 Å². The molecule has 4 rings (SSSR count). The van der Waals surface area contributed by atoms with E-state index in [2.05, 4.69) is 36.4 Å². The van der Waals surface area contributed by atoms with Gasteiger partial charge in [-0.3, -0.25) is 19.0 Å². The number of halogens is 3. The van der Waals surface area contributed by atoms with Crippen LogP contribution in [0.5, 0.6) is 0 Å². The van der Waals surface area contributed by atoms with Crippen molar-refractivity contribution in [3.63, 3.8) is 0 Å². The summed E-state index contributed by atoms with van der Waals surface area (Å²) in [5.74, 6) is -1.28. The Morgan fingerprint density at radius 2 is 1.88 bits per heavy atom. The van der Waals surface area contributed by atoms with E-state index in [4.69, 9.17) is 5.73 Å². The second-order valence-electron chi connectivity index (χ2n) is 7.76. The highest BCUT2D eigenvalue weighted by Gasteiger charge is 2.27. The summed E-state index contributed by atoms with van der Waals surface area (Å²) < 4.78 is 31.1. The number of nitrogens with one attached hydrogen (secondary N) is 1. The van der Waals surface area contributed by atoms with Gasteiger partial charge in [-0.2, -0.15) is 10.2 Å². The molecule has 2 amide bonds. The molecule has 0 fully saturated rings. The first kappa shape index (κ1) is 24.0. The maximum atomic E-state index is 13.6. The van der Waals surface area contributed by atoms with Crippen LogP contribution < -0.4 is 11.1 Å². The topological polar surface area (TPSA) is 121 Å². The summed E-state index contributed by atoms with van der Waals surface area (Å²) in [7, 11) is 1.71. The number of nitrogens with two attached hydrogens (primary N) is 1. The number of aromatic nitrogens is 5. The van der Waals surface area contributed by atoms with Crippen LogP contribution in [0.25, 0.3) is 21.3 Å². The Balaban J connectivity index is 1.91. The summed E-state index contributed by atoms with van der Waals surface area (Å²) in [6.45, 7) is 5.17. The smallest absolute Gasteiger partial charge is 0.280 e. The van der Waals surface area contributed by atoms with Crippen molar-refractivity contribution in [1.29, 1.82) is 0 Å². The van der Waals surface area contributed by atoms with Crippen molar-refractivity contribution >= 4 is 55.0 Å². The van der Waals surface area contributed by atoms with Crippen molar-refractivity contribution in [1.82, 2.24) is 24.5 Å². The molecule has 3 N–H and O–H groups in total. The quantitative estimate of drug-likeness (QED) is 0.365. The van der Waals surface area contributed by atoms with Crippen molar-refractivity contribution < 1.29 is 18.4 Å². The lowest BCUT2D eigenvalue weighted by molar-refractivity contribution is -0.119. The number of carbonyl (C=O) groups is 2. The van der Waals surface area contributed by atoms with Crippen LogP contribution in [0.1, 0.15) is 46.1 Å². The van der Waals surface area contributed by atoms with E-state index in [1.807, 2.05) is 0 Å². The first-order valence-corrected chi connectivity index (χ1v) is 11.7. The minimum absolute atomic E-state index is 0.00934. The van der Waals surface area contributed by atoms with Crippen LogP contribution in [0.15, 0.2) is 22.9 Å². The molecule has 0 saturated carbocycles. The Morgan fingerprint density at radius 1 is 1.18 bits per heavy atom. The van der Waals surface area contributed by atoms with Crippen LogP contribution in [0, 0.1) is 13.8 Å². The van der Waals surface area contributed by atoms with Gasteiger partial charge in [0.1, 0.15) is 21.4 Å². The molecule has 0 aromatic carbocycles. The van der Waals surface area contributed by atoms with Gasteiger partial charge >= 0.3 is 0 Å². The summed E-state index contributed by atoms with van der Waals surface area (Å²) in [5, 5.41) is 11.7. The number of primary amides is 1. The molecule has 34 heavy (non-hydrogen) atoms. The molecule has 9 nitrogen and oxygen atoms in total. The van der Waals surface area contributed by atoms with E-state index >= 15 is 0 Å². The molecule has 0 spiro atoms. The van der Waals surface area contributed by atoms with Gasteiger partial charge in [0.2, 0.25) is 5.91 Å². The fraction of sp³-hybridized carbons (Fsp3) is 0.286. The monoisotopic (exact) mass is 551 g/mol. The molecule has 0 aliphatic heterocycles. The highest BCUT2D eigenvalue weighted by molar-refractivity contribution is 9.10. The zero-order chi connectivity index (χ0) is 24.9. The average molecular weight is 552 g/mol. The molecular formula is C21H20BrF2N7O2S. The molecule has 178 valence electrons. The first-order chi connectivity index (χ1) is 16.0. The lowest BCUT2D eigenvalue weighted by Gasteiger charge is -2.14. The molecule has 0 saturated heterocycles. The maximum absolute atomic E-state index is 13.6. The summed E-state index contributed by atoms with van der Waals surface area (Å²) in [6, 6.07) is 0.513. The van der Waals surface area contributed by atoms with Crippen LogP contribution in [-0.2, 0) is 11.8 Å². The summed E-state index contributed by atoms with van der Waals surface area (Å²) in [6.07, 6.45) is 0.513. The molecule has 1 atom stereocenters. The Labute approximate surface area is 205 Å². The molecule has 13 heteroatoms. The van der Waals surface area contributed by atoms with Crippen molar-refractivity contribution in [2.75, 3.05) is 5.32 Å². The van der Waals surface area contributed by atoms with Crippen LogP contribution >= 0.6 is 27.3 Å². The minimum Gasteiger partial charge on any atom is -0.365 e. The van der Waals surface area contributed by atoms with Crippen molar-refractivity contribution in [3.05, 3.63) is 44.9 Å². The molecule has 4 aromatic heterocycles. The average Bonchev–Trinajstić information content (AvgIpc) is 3.41. The highest BCUT2D eigenvalue weighted by Crippen LogP contribution is 2.43. The maximum Gasteiger partial charge on any atom is 0.280 e. The molecule has 4 aromatic rings. The van der Waals surface area contributed by atoms with Gasteiger partial charge in [-0.15, -0.1) is 11.3 Å². The molecule has 1 unspecified atom stereocenters. The number of pyridine rings is 1. The molecular weight excluding hydrogens is 532 g/mol. The number of anilines is 1. The Hall–Kier alpha value is -3.19. The van der Waals surface area contributed by atoms with Gasteiger partial charge in [0, 0.05) is 30.4 Å². The van der Waals surface area contributed by atoms with Gasteiger partial charge in [-0.25, -0.2) is 13.8 Å². The molecule has 0 bridgehead atoms. The first-order valence-electron chi connectivity index (χ1n) is 10.1. The zero-order valence-electron chi connectivity index (χ0n) is 18.6. The second-order valence-corrected chi connectivity index (χ2v) is 9.61. The van der Waals surface area contributed by atoms with E-state index in [0.717, 1.165) is 15.8 Å². The normalized spacial score (nSPS) is 12.5. The Morgan fingerprint density at radius 3 is 2.41 bits per heavy atom. The predicted molar refractivity (Wildman–Crippen MR) is 128 cm³/mol. The third kappa shape index (κ3) is 4.20. The number of rotatable bonds is 6. The van der Waals surface area contributed by atoms with Crippen molar-refractivity contribution in [2.24, 2.45) is 12.8 Å². The highest BCUT2D eigenvalue weighted by atomic mass is 79.9. The number of thiophene rings is 1. The summed E-state index contributed by atoms with van der Waals surface area (Å²) >= 11 is 4.22. The third-order valence-electron chi connectivity index (χ3n) is 5.31. The lowest BCUT2D eigenvalue weighted by Crippen LogP contribution is -2.25. The number of fused-ring (bicyclic) bond motifs is 1. The van der Waals surface area contributed by atoms with E-state index in [9.17, 15) is 18.4 Å². The summed E-state index contributed by atoms with van der Waals surface area (Å²) in [5.41, 5.74) is 7.49. The minimum atomic E-state index is -2.83. The standard InChI is InChI=1S/C21H20BrF2N7O2S/c1-8-12(6-30(4)28-8)11-5-14(18(23)24)26-21-15(11)16(17(34-21)19(25)32)27-20(33)10(3)31-7-13(22)9(2)29-31/h5-7,10,18H,1-4H3,(H2,25,32)(H,27,33). The third-order valence-corrected chi connectivity index (χ3v) is 7.19. The number of alkyl halides is 2. The lowest BCUT2D eigenvalue weighted by atomic mass is 10.0. The van der Waals surface area contributed by atoms with E-state index in [1.54, 1.807) is 44.9 Å². The Bertz CT molecular complexity index is 1420. The molecule has 0 radical (unpaired) electrons. The van der Waals surface area contributed by atoms with E-state index in [-0.39, 0.29) is 15.4 Å².